The van der Waals surface area contributed by atoms with Crippen molar-refractivity contribution in [1.82, 2.24) is 0 Å². The number of phenols is 1. The lowest BCUT2D eigenvalue weighted by Gasteiger charge is -2.13. The summed E-state index contributed by atoms with van der Waals surface area (Å²) in [4.78, 5) is 24.1. The van der Waals surface area contributed by atoms with Gasteiger partial charge in [-0.3, -0.25) is 10.2 Å². The van der Waals surface area contributed by atoms with Crippen molar-refractivity contribution in [3.63, 3.8) is 0 Å². The smallest absolute Gasteiger partial charge is 0.437 e. The molecule has 11 heteroatoms. The molecule has 0 spiro atoms. The third kappa shape index (κ3) is 4.63. The third-order valence-electron chi connectivity index (χ3n) is 5.57. The number of carboxylic acid groups (broad SMARTS) is 1. The lowest BCUT2D eigenvalue weighted by Crippen LogP contribution is -2.34. The van der Waals surface area contributed by atoms with Crippen LogP contribution >= 0.6 is 0 Å². The molecule has 1 aliphatic heterocycles. The van der Waals surface area contributed by atoms with Gasteiger partial charge in [-0.1, -0.05) is 30.3 Å². The minimum atomic E-state index is -4.97. The molecule has 36 heavy (non-hydrogen) atoms. The van der Waals surface area contributed by atoms with Gasteiger partial charge in [0, 0.05) is 5.56 Å². The van der Waals surface area contributed by atoms with Gasteiger partial charge in [-0.05, 0) is 60.9 Å². The molecule has 8 nitrogen and oxygen atoms in total. The van der Waals surface area contributed by atoms with Crippen molar-refractivity contribution in [3.8, 4) is 16.9 Å². The molecule has 1 aliphatic rings. The first-order valence-electron chi connectivity index (χ1n) is 10.5. The van der Waals surface area contributed by atoms with Gasteiger partial charge < -0.3 is 10.2 Å². The number of aryl methyl sites for hydroxylation is 2. The van der Waals surface area contributed by atoms with Crippen molar-refractivity contribution in [2.75, 3.05) is 10.4 Å². The van der Waals surface area contributed by atoms with Crippen LogP contribution in [0.2, 0.25) is 0 Å². The molecule has 0 saturated carbocycles. The van der Waals surface area contributed by atoms with E-state index < -0.39 is 35.2 Å². The number of alkyl halides is 3. The summed E-state index contributed by atoms with van der Waals surface area (Å²) >= 11 is 0. The van der Waals surface area contributed by atoms with E-state index in [4.69, 9.17) is 0 Å². The number of nitrogens with zero attached hydrogens (tertiary/aromatic N) is 3. The van der Waals surface area contributed by atoms with E-state index in [0.717, 1.165) is 11.1 Å². The number of para-hydroxylation sites is 1. The number of carboxylic acids is 1. The molecule has 3 N–H and O–H groups in total. The van der Waals surface area contributed by atoms with Crippen LogP contribution in [0.4, 0.5) is 24.5 Å². The summed E-state index contributed by atoms with van der Waals surface area (Å²) < 4.78 is 41.1. The first-order valence-corrected chi connectivity index (χ1v) is 10.5. The molecule has 3 aromatic rings. The number of phenolic OH excluding ortho intramolecular Hbond substituents is 1. The maximum absolute atomic E-state index is 13.7. The number of hydrazone groups is 2. The molecule has 184 valence electrons. The van der Waals surface area contributed by atoms with E-state index in [1.165, 1.54) is 42.5 Å². The molecule has 0 radical (unpaired) electrons. The Hall–Kier alpha value is -4.67. The summed E-state index contributed by atoms with van der Waals surface area (Å²) in [5, 5.41) is 27.7. The summed E-state index contributed by atoms with van der Waals surface area (Å²) in [6.45, 7) is 3.58. The highest BCUT2D eigenvalue weighted by molar-refractivity contribution is 6.72. The van der Waals surface area contributed by atoms with Crippen molar-refractivity contribution >= 4 is 34.7 Å². The Morgan fingerprint density at radius 1 is 1.03 bits per heavy atom. The maximum Gasteiger partial charge on any atom is 0.437 e. The van der Waals surface area contributed by atoms with Crippen LogP contribution in [0.5, 0.6) is 5.75 Å². The van der Waals surface area contributed by atoms with Gasteiger partial charge in [0.15, 0.2) is 11.4 Å². The van der Waals surface area contributed by atoms with Gasteiger partial charge in [0.25, 0.3) is 0 Å². The summed E-state index contributed by atoms with van der Waals surface area (Å²) in [6.07, 6.45) is -4.97. The van der Waals surface area contributed by atoms with E-state index in [9.17, 15) is 33.0 Å². The maximum atomic E-state index is 13.7. The molecule has 0 saturated heterocycles. The second-order valence-electron chi connectivity index (χ2n) is 7.99. The molecule has 4 rings (SSSR count). The van der Waals surface area contributed by atoms with Crippen LogP contribution in [0, 0.1) is 13.8 Å². The highest BCUT2D eigenvalue weighted by Crippen LogP contribution is 2.36. The fourth-order valence-corrected chi connectivity index (χ4v) is 3.52. The first kappa shape index (κ1) is 24.5. The minimum Gasteiger partial charge on any atom is -0.505 e. The number of carbonyl (C=O) groups is 2. The summed E-state index contributed by atoms with van der Waals surface area (Å²) in [5.41, 5.74) is 2.13. The Bertz CT molecular complexity index is 1450. The van der Waals surface area contributed by atoms with Gasteiger partial charge in [0.05, 0.1) is 16.9 Å². The van der Waals surface area contributed by atoms with Gasteiger partial charge in [0.1, 0.15) is 5.75 Å². The Balaban J connectivity index is 1.69. The van der Waals surface area contributed by atoms with Crippen molar-refractivity contribution in [2.24, 2.45) is 10.2 Å². The van der Waals surface area contributed by atoms with Crippen molar-refractivity contribution in [1.29, 1.82) is 0 Å². The molecule has 0 unspecified atom stereocenters. The van der Waals surface area contributed by atoms with E-state index in [-0.39, 0.29) is 22.5 Å². The quantitative estimate of drug-likeness (QED) is 0.336. The van der Waals surface area contributed by atoms with Crippen LogP contribution in [0.3, 0.4) is 0 Å². The van der Waals surface area contributed by atoms with Crippen molar-refractivity contribution < 1.29 is 33.0 Å². The fourth-order valence-electron chi connectivity index (χ4n) is 3.52. The number of halogens is 3. The number of amides is 1. The normalized spacial score (nSPS) is 14.8. The number of aromatic carboxylic acids is 1. The third-order valence-corrected chi connectivity index (χ3v) is 5.57. The number of carbonyl (C=O) groups excluding carboxylic acids is 1. The number of anilines is 2. The highest BCUT2D eigenvalue weighted by Gasteiger charge is 2.48. The van der Waals surface area contributed by atoms with E-state index in [0.29, 0.717) is 10.6 Å². The monoisotopic (exact) mass is 496 g/mol. The van der Waals surface area contributed by atoms with Gasteiger partial charge in [-0.2, -0.15) is 28.4 Å². The number of nitrogens with one attached hydrogen (secondary N) is 1. The second kappa shape index (κ2) is 9.17. The van der Waals surface area contributed by atoms with E-state index in [2.05, 4.69) is 15.6 Å². The average Bonchev–Trinajstić information content (AvgIpc) is 3.17. The Morgan fingerprint density at radius 3 is 2.42 bits per heavy atom. The summed E-state index contributed by atoms with van der Waals surface area (Å²) in [5.74, 6) is -2.65. The molecule has 0 fully saturated rings. The van der Waals surface area contributed by atoms with Gasteiger partial charge in [-0.25, -0.2) is 4.79 Å². The van der Waals surface area contributed by atoms with Crippen LogP contribution in [0.1, 0.15) is 21.5 Å². The molecule has 3 aromatic carbocycles. The van der Waals surface area contributed by atoms with E-state index in [1.54, 1.807) is 25.1 Å². The Morgan fingerprint density at radius 2 is 1.75 bits per heavy atom. The Kier molecular flexibility index (Phi) is 6.23. The molecular weight excluding hydrogens is 477 g/mol. The molecule has 1 heterocycles. The number of aromatic hydroxyl groups is 1. The average molecular weight is 496 g/mol. The zero-order valence-corrected chi connectivity index (χ0v) is 19.0. The SMILES string of the molecule is Cc1ccc(N2N=C(C(F)(F)F)/C(=N/Nc3cccc(-c4cccc(C(=O)O)c4)c3O)C2=O)cc1C. The van der Waals surface area contributed by atoms with Crippen LogP contribution in [0.25, 0.3) is 11.1 Å². The molecule has 1 amide bonds. The lowest BCUT2D eigenvalue weighted by molar-refractivity contribution is -0.112. The first-order chi connectivity index (χ1) is 17.0. The molecule has 0 atom stereocenters. The summed E-state index contributed by atoms with van der Waals surface area (Å²) in [6, 6.07) is 14.8. The number of hydrogen-bond donors (Lipinski definition) is 3. The highest BCUT2D eigenvalue weighted by atomic mass is 19.4. The zero-order valence-electron chi connectivity index (χ0n) is 19.0. The molecular formula is C25H19F3N4O4. The standard InChI is InChI=1S/C25H19F3N4O4/c1-13-9-10-17(11-14(13)2)32-23(34)20(22(31-32)25(26,27)28)30-29-19-8-4-7-18(21(19)33)15-5-3-6-16(12-15)24(35)36/h3-12,29,33H,1-2H3,(H,35,36)/b30-20-. The predicted octanol–water partition coefficient (Wildman–Crippen LogP) is 5.11. The lowest BCUT2D eigenvalue weighted by atomic mass is 10.0. The van der Waals surface area contributed by atoms with Gasteiger partial charge in [0.2, 0.25) is 0 Å². The predicted molar refractivity (Wildman–Crippen MR) is 128 cm³/mol. The number of hydrogen-bond acceptors (Lipinski definition) is 6. The summed E-state index contributed by atoms with van der Waals surface area (Å²) in [7, 11) is 0. The zero-order chi connectivity index (χ0) is 26.2. The fraction of sp³-hybridized carbons (Fsp3) is 0.120. The topological polar surface area (TPSA) is 115 Å². The molecule has 0 aliphatic carbocycles. The van der Waals surface area contributed by atoms with E-state index in [1.807, 2.05) is 6.92 Å². The van der Waals surface area contributed by atoms with Crippen LogP contribution in [0.15, 0.2) is 70.9 Å². The van der Waals surface area contributed by atoms with Crippen LogP contribution in [-0.4, -0.2) is 39.7 Å². The van der Waals surface area contributed by atoms with Crippen LogP contribution in [-0.2, 0) is 4.79 Å². The Labute approximate surface area is 203 Å². The van der Waals surface area contributed by atoms with Gasteiger partial charge >= 0.3 is 18.1 Å². The minimum absolute atomic E-state index is 0.0143. The largest absolute Gasteiger partial charge is 0.505 e. The van der Waals surface area contributed by atoms with Crippen molar-refractivity contribution in [2.45, 2.75) is 20.0 Å². The van der Waals surface area contributed by atoms with Crippen LogP contribution < -0.4 is 10.4 Å². The van der Waals surface area contributed by atoms with Crippen molar-refractivity contribution in [3.05, 3.63) is 77.4 Å². The molecule has 0 aromatic heterocycles. The molecule has 0 bridgehead atoms. The second-order valence-corrected chi connectivity index (χ2v) is 7.99. The number of rotatable bonds is 5. The van der Waals surface area contributed by atoms with Gasteiger partial charge in [-0.15, -0.1) is 0 Å². The van der Waals surface area contributed by atoms with E-state index >= 15 is 0 Å². The number of benzene rings is 3.